The second-order valence-electron chi connectivity index (χ2n) is 7.18. The zero-order valence-corrected chi connectivity index (χ0v) is 16.4. The van der Waals surface area contributed by atoms with Gasteiger partial charge >= 0.3 is 17.6 Å². The Bertz CT molecular complexity index is 1030. The standard InChI is InChI=1S/C21H22O7/c1-6-11(2)20(24)28-21(4,5)19-18(25-12(3)22)16-14(26-19)9-7-13-8-10-15(23)27-17(13)16/h6-10,18-19H,1-5H3/t18-,19+/m1/s1. The van der Waals surface area contributed by atoms with Crippen molar-refractivity contribution in [3.63, 3.8) is 0 Å². The fourth-order valence-corrected chi connectivity index (χ4v) is 3.16. The van der Waals surface area contributed by atoms with Gasteiger partial charge in [0.2, 0.25) is 0 Å². The summed E-state index contributed by atoms with van der Waals surface area (Å²) in [5.41, 5.74) is -0.487. The third kappa shape index (κ3) is 3.52. The molecule has 0 saturated carbocycles. The van der Waals surface area contributed by atoms with Crippen LogP contribution in [-0.4, -0.2) is 23.6 Å². The van der Waals surface area contributed by atoms with Gasteiger partial charge in [-0.25, -0.2) is 9.59 Å². The van der Waals surface area contributed by atoms with Crippen molar-refractivity contribution in [2.75, 3.05) is 0 Å². The van der Waals surface area contributed by atoms with Crippen molar-refractivity contribution >= 4 is 22.9 Å². The van der Waals surface area contributed by atoms with Crippen LogP contribution in [0.4, 0.5) is 0 Å². The lowest BCUT2D eigenvalue weighted by atomic mass is 9.93. The minimum atomic E-state index is -1.14. The summed E-state index contributed by atoms with van der Waals surface area (Å²) >= 11 is 0. The predicted octanol–water partition coefficient (Wildman–Crippen LogP) is 3.45. The number of hydrogen-bond acceptors (Lipinski definition) is 7. The molecule has 1 aliphatic rings. The Hall–Kier alpha value is -3.09. The highest BCUT2D eigenvalue weighted by Crippen LogP contribution is 2.47. The number of carbonyl (C=O) groups excluding carboxylic acids is 2. The maximum Gasteiger partial charge on any atom is 0.336 e. The minimum absolute atomic E-state index is 0.283. The summed E-state index contributed by atoms with van der Waals surface area (Å²) in [5.74, 6) is -0.622. The number of esters is 2. The van der Waals surface area contributed by atoms with Crippen molar-refractivity contribution in [3.05, 3.63) is 51.9 Å². The average Bonchev–Trinajstić information content (AvgIpc) is 2.99. The topological polar surface area (TPSA) is 92.0 Å². The van der Waals surface area contributed by atoms with Crippen LogP contribution in [0.3, 0.4) is 0 Å². The molecule has 1 aliphatic heterocycles. The van der Waals surface area contributed by atoms with Crippen LogP contribution < -0.4 is 10.4 Å². The predicted molar refractivity (Wildman–Crippen MR) is 101 cm³/mol. The van der Waals surface area contributed by atoms with Gasteiger partial charge in [0, 0.05) is 23.9 Å². The van der Waals surface area contributed by atoms with Gasteiger partial charge in [0.05, 0.1) is 5.56 Å². The normalized spacial score (nSPS) is 19.1. The smallest absolute Gasteiger partial charge is 0.336 e. The average molecular weight is 386 g/mol. The van der Waals surface area contributed by atoms with Gasteiger partial charge in [0.1, 0.15) is 16.9 Å². The zero-order chi connectivity index (χ0) is 20.6. The van der Waals surface area contributed by atoms with Crippen LogP contribution in [0.5, 0.6) is 5.75 Å². The fourth-order valence-electron chi connectivity index (χ4n) is 3.16. The van der Waals surface area contributed by atoms with Gasteiger partial charge in [0.25, 0.3) is 0 Å². The number of allylic oxidation sites excluding steroid dienone is 1. The van der Waals surface area contributed by atoms with Gasteiger partial charge in [-0.15, -0.1) is 0 Å². The van der Waals surface area contributed by atoms with E-state index in [4.69, 9.17) is 18.6 Å². The number of rotatable bonds is 4. The molecule has 0 spiro atoms. The molecule has 148 valence electrons. The van der Waals surface area contributed by atoms with Crippen molar-refractivity contribution < 1.29 is 28.2 Å². The maximum atomic E-state index is 12.3. The van der Waals surface area contributed by atoms with Crippen LogP contribution in [0.1, 0.15) is 46.3 Å². The number of fused-ring (bicyclic) bond motifs is 3. The second-order valence-corrected chi connectivity index (χ2v) is 7.18. The molecule has 1 aromatic carbocycles. The molecular formula is C21H22O7. The van der Waals surface area contributed by atoms with Crippen molar-refractivity contribution in [1.29, 1.82) is 0 Å². The van der Waals surface area contributed by atoms with Gasteiger partial charge in [-0.05, 0) is 45.9 Å². The van der Waals surface area contributed by atoms with Crippen molar-refractivity contribution in [1.82, 2.24) is 0 Å². The molecule has 0 radical (unpaired) electrons. The molecule has 7 nitrogen and oxygen atoms in total. The summed E-state index contributed by atoms with van der Waals surface area (Å²) in [5, 5.41) is 0.666. The van der Waals surface area contributed by atoms with Crippen LogP contribution in [0.15, 0.2) is 45.1 Å². The van der Waals surface area contributed by atoms with E-state index < -0.39 is 35.4 Å². The van der Waals surface area contributed by atoms with Gasteiger partial charge in [-0.2, -0.15) is 0 Å². The Labute approximate surface area is 161 Å². The number of benzene rings is 1. The number of hydrogen-bond donors (Lipinski definition) is 0. The van der Waals surface area contributed by atoms with E-state index in [1.54, 1.807) is 52.0 Å². The molecule has 3 rings (SSSR count). The summed E-state index contributed by atoms with van der Waals surface area (Å²) in [6.07, 6.45) is -0.0828. The third-order valence-corrected chi connectivity index (χ3v) is 4.69. The molecule has 0 bridgehead atoms. The minimum Gasteiger partial charge on any atom is -0.481 e. The Morgan fingerprint density at radius 2 is 1.82 bits per heavy atom. The van der Waals surface area contributed by atoms with Crippen LogP contribution in [0, 0.1) is 0 Å². The molecule has 2 atom stereocenters. The van der Waals surface area contributed by atoms with E-state index in [0.29, 0.717) is 22.3 Å². The highest BCUT2D eigenvalue weighted by atomic mass is 16.6. The van der Waals surface area contributed by atoms with E-state index in [1.165, 1.54) is 13.0 Å². The monoisotopic (exact) mass is 386 g/mol. The highest BCUT2D eigenvalue weighted by Gasteiger charge is 2.50. The SMILES string of the molecule is CC=C(C)C(=O)OC(C)(C)[C@H]1Oc2ccc3ccc(=O)oc3c2[C@H]1OC(C)=O. The van der Waals surface area contributed by atoms with Crippen LogP contribution in [0.25, 0.3) is 11.0 Å². The molecule has 0 amide bonds. The number of carbonyl (C=O) groups is 2. The van der Waals surface area contributed by atoms with Gasteiger partial charge < -0.3 is 18.6 Å². The first kappa shape index (κ1) is 19.7. The first-order valence-electron chi connectivity index (χ1n) is 8.91. The van der Waals surface area contributed by atoms with E-state index >= 15 is 0 Å². The van der Waals surface area contributed by atoms with Crippen LogP contribution in [0.2, 0.25) is 0 Å². The lowest BCUT2D eigenvalue weighted by Crippen LogP contribution is -2.46. The Balaban J connectivity index is 2.08. The summed E-state index contributed by atoms with van der Waals surface area (Å²) in [4.78, 5) is 35.8. The molecule has 2 heterocycles. The largest absolute Gasteiger partial charge is 0.481 e. The Morgan fingerprint density at radius 1 is 1.14 bits per heavy atom. The third-order valence-electron chi connectivity index (χ3n) is 4.69. The Kier molecular flexibility index (Phi) is 5.02. The van der Waals surface area contributed by atoms with Crippen LogP contribution in [-0.2, 0) is 19.1 Å². The van der Waals surface area contributed by atoms with Gasteiger partial charge in [-0.1, -0.05) is 6.08 Å². The van der Waals surface area contributed by atoms with E-state index in [2.05, 4.69) is 0 Å². The molecule has 1 aromatic heterocycles. The van der Waals surface area contributed by atoms with E-state index in [9.17, 15) is 14.4 Å². The van der Waals surface area contributed by atoms with Crippen molar-refractivity contribution in [3.8, 4) is 5.75 Å². The van der Waals surface area contributed by atoms with Crippen LogP contribution >= 0.6 is 0 Å². The lowest BCUT2D eigenvalue weighted by Gasteiger charge is -2.33. The molecular weight excluding hydrogens is 364 g/mol. The first-order chi connectivity index (χ1) is 13.1. The van der Waals surface area contributed by atoms with Crippen molar-refractivity contribution in [2.24, 2.45) is 0 Å². The highest BCUT2D eigenvalue weighted by molar-refractivity contribution is 5.88. The van der Waals surface area contributed by atoms with E-state index in [1.807, 2.05) is 0 Å². The molecule has 7 heteroatoms. The zero-order valence-electron chi connectivity index (χ0n) is 16.4. The van der Waals surface area contributed by atoms with Gasteiger partial charge in [-0.3, -0.25) is 4.79 Å². The quantitative estimate of drug-likeness (QED) is 0.451. The van der Waals surface area contributed by atoms with Gasteiger partial charge in [0.15, 0.2) is 12.2 Å². The number of ether oxygens (including phenoxy) is 3. The molecule has 2 aromatic rings. The maximum absolute atomic E-state index is 12.3. The summed E-state index contributed by atoms with van der Waals surface area (Å²) in [6.45, 7) is 8.02. The Morgan fingerprint density at radius 3 is 2.46 bits per heavy atom. The molecule has 0 fully saturated rings. The molecule has 28 heavy (non-hydrogen) atoms. The fraction of sp³-hybridized carbons (Fsp3) is 0.381. The summed E-state index contributed by atoms with van der Waals surface area (Å²) in [6, 6.07) is 6.39. The van der Waals surface area contributed by atoms with Crippen molar-refractivity contribution in [2.45, 2.75) is 52.4 Å². The summed E-state index contributed by atoms with van der Waals surface area (Å²) < 4.78 is 22.5. The second kappa shape index (κ2) is 7.14. The summed E-state index contributed by atoms with van der Waals surface area (Å²) in [7, 11) is 0. The first-order valence-corrected chi connectivity index (χ1v) is 8.91. The molecule has 0 unspecified atom stereocenters. The molecule has 0 saturated heterocycles. The van der Waals surface area contributed by atoms with E-state index in [0.717, 1.165) is 0 Å². The molecule has 0 aliphatic carbocycles. The van der Waals surface area contributed by atoms with E-state index in [-0.39, 0.29) is 5.58 Å². The lowest BCUT2D eigenvalue weighted by molar-refractivity contribution is -0.173. The molecule has 0 N–H and O–H groups in total.